The molecule has 2 rings (SSSR count). The molecule has 0 spiro atoms. The van der Waals surface area contributed by atoms with E-state index < -0.39 is 6.04 Å². The van der Waals surface area contributed by atoms with E-state index in [9.17, 15) is 9.59 Å². The fourth-order valence-corrected chi connectivity index (χ4v) is 3.74. The van der Waals surface area contributed by atoms with E-state index in [0.717, 1.165) is 11.1 Å². The first-order valence-electron chi connectivity index (χ1n) is 10.6. The highest BCUT2D eigenvalue weighted by Crippen LogP contribution is 2.29. The van der Waals surface area contributed by atoms with Gasteiger partial charge in [0.25, 0.3) is 0 Å². The predicted molar refractivity (Wildman–Crippen MR) is 128 cm³/mol. The molecule has 0 saturated heterocycles. The standard InChI is InChI=1S/C24H30Cl2N2O4/c1-5-31-21-11-7-17(13-22(21)32-6-2)8-12-23(29)28(16(3)24(30)27-4)15-18-9-10-19(25)14-20(18)26/h7,9-11,13-14,16H,5-6,8,12,15H2,1-4H3,(H,27,30)/t16-/m1/s1. The van der Waals surface area contributed by atoms with Crippen molar-refractivity contribution >= 4 is 35.0 Å². The van der Waals surface area contributed by atoms with Gasteiger partial charge in [0.1, 0.15) is 6.04 Å². The van der Waals surface area contributed by atoms with Crippen molar-refractivity contribution in [2.75, 3.05) is 20.3 Å². The molecule has 1 atom stereocenters. The lowest BCUT2D eigenvalue weighted by molar-refractivity contribution is -0.140. The molecule has 0 aliphatic carbocycles. The first-order chi connectivity index (χ1) is 15.3. The average Bonchev–Trinajstić information content (AvgIpc) is 2.77. The van der Waals surface area contributed by atoms with Gasteiger partial charge in [-0.25, -0.2) is 0 Å². The van der Waals surface area contributed by atoms with Crippen molar-refractivity contribution in [3.05, 3.63) is 57.6 Å². The summed E-state index contributed by atoms with van der Waals surface area (Å²) in [6.07, 6.45) is 0.725. The van der Waals surface area contributed by atoms with Crippen molar-refractivity contribution in [1.82, 2.24) is 10.2 Å². The highest BCUT2D eigenvalue weighted by atomic mass is 35.5. The molecule has 8 heteroatoms. The number of hydrogen-bond acceptors (Lipinski definition) is 4. The predicted octanol–water partition coefficient (Wildman–Crippen LogP) is 4.89. The molecular formula is C24H30Cl2N2O4. The lowest BCUT2D eigenvalue weighted by Crippen LogP contribution is -2.46. The van der Waals surface area contributed by atoms with E-state index in [-0.39, 0.29) is 24.8 Å². The normalized spacial score (nSPS) is 11.6. The van der Waals surface area contributed by atoms with Crippen LogP contribution in [0.15, 0.2) is 36.4 Å². The quantitative estimate of drug-likeness (QED) is 0.497. The van der Waals surface area contributed by atoms with Gasteiger partial charge >= 0.3 is 0 Å². The molecule has 0 unspecified atom stereocenters. The molecule has 2 aromatic carbocycles. The zero-order valence-corrected chi connectivity index (χ0v) is 20.4. The Morgan fingerprint density at radius 3 is 2.34 bits per heavy atom. The Labute approximate surface area is 199 Å². The zero-order chi connectivity index (χ0) is 23.7. The van der Waals surface area contributed by atoms with Crippen LogP contribution in [0, 0.1) is 0 Å². The smallest absolute Gasteiger partial charge is 0.242 e. The van der Waals surface area contributed by atoms with Crippen LogP contribution in [0.4, 0.5) is 0 Å². The molecule has 0 saturated carbocycles. The average molecular weight is 481 g/mol. The Hall–Kier alpha value is -2.44. The fraction of sp³-hybridized carbons (Fsp3) is 0.417. The second kappa shape index (κ2) is 12.6. The van der Waals surface area contributed by atoms with Gasteiger partial charge in [0, 0.05) is 30.1 Å². The van der Waals surface area contributed by atoms with Crippen LogP contribution in [-0.4, -0.2) is 43.0 Å². The van der Waals surface area contributed by atoms with Gasteiger partial charge < -0.3 is 19.7 Å². The number of ether oxygens (including phenoxy) is 2. The fourth-order valence-electron chi connectivity index (χ4n) is 3.27. The maximum absolute atomic E-state index is 13.2. The minimum absolute atomic E-state index is 0.154. The minimum Gasteiger partial charge on any atom is -0.490 e. The summed E-state index contributed by atoms with van der Waals surface area (Å²) in [4.78, 5) is 27.0. The molecule has 1 N–H and O–H groups in total. The molecule has 2 aromatic rings. The number of nitrogens with one attached hydrogen (secondary N) is 1. The first-order valence-corrected chi connectivity index (χ1v) is 11.4. The summed E-state index contributed by atoms with van der Waals surface area (Å²) in [5, 5.41) is 3.57. The van der Waals surface area contributed by atoms with Crippen LogP contribution in [0.2, 0.25) is 10.0 Å². The van der Waals surface area contributed by atoms with Crippen LogP contribution in [0.3, 0.4) is 0 Å². The number of benzene rings is 2. The van der Waals surface area contributed by atoms with E-state index in [2.05, 4.69) is 5.32 Å². The summed E-state index contributed by atoms with van der Waals surface area (Å²) in [5.74, 6) is 0.932. The third-order valence-electron chi connectivity index (χ3n) is 5.00. The van der Waals surface area contributed by atoms with Gasteiger partial charge in [0.15, 0.2) is 11.5 Å². The van der Waals surface area contributed by atoms with Gasteiger partial charge in [-0.15, -0.1) is 0 Å². The van der Waals surface area contributed by atoms with E-state index in [4.69, 9.17) is 32.7 Å². The van der Waals surface area contributed by atoms with Crippen molar-refractivity contribution in [2.24, 2.45) is 0 Å². The third kappa shape index (κ3) is 7.04. The second-order valence-corrected chi connectivity index (χ2v) is 8.04. The van der Waals surface area contributed by atoms with Gasteiger partial charge in [0.2, 0.25) is 11.8 Å². The summed E-state index contributed by atoms with van der Waals surface area (Å²) in [6.45, 7) is 6.78. The van der Waals surface area contributed by atoms with Crippen LogP contribution < -0.4 is 14.8 Å². The van der Waals surface area contributed by atoms with Crippen LogP contribution in [0.5, 0.6) is 11.5 Å². The van der Waals surface area contributed by atoms with Crippen LogP contribution in [0.25, 0.3) is 0 Å². The van der Waals surface area contributed by atoms with Gasteiger partial charge in [-0.05, 0) is 62.6 Å². The molecule has 0 aliphatic rings. The van der Waals surface area contributed by atoms with E-state index in [0.29, 0.717) is 41.2 Å². The maximum Gasteiger partial charge on any atom is 0.242 e. The van der Waals surface area contributed by atoms with E-state index >= 15 is 0 Å². The summed E-state index contributed by atoms with van der Waals surface area (Å²) in [6, 6.07) is 10.1. The summed E-state index contributed by atoms with van der Waals surface area (Å²) in [7, 11) is 1.55. The SMILES string of the molecule is CCOc1ccc(CCC(=O)N(Cc2ccc(Cl)cc2Cl)[C@H](C)C(=O)NC)cc1OCC. The number of carbonyl (C=O) groups excluding carboxylic acids is 2. The van der Waals surface area contributed by atoms with E-state index in [1.165, 1.54) is 4.90 Å². The van der Waals surface area contributed by atoms with Gasteiger partial charge in [0.05, 0.1) is 13.2 Å². The lowest BCUT2D eigenvalue weighted by Gasteiger charge is -2.29. The number of hydrogen-bond donors (Lipinski definition) is 1. The van der Waals surface area contributed by atoms with Crippen LogP contribution in [0.1, 0.15) is 38.3 Å². The Kier molecular flexibility index (Phi) is 10.1. The minimum atomic E-state index is -0.654. The highest BCUT2D eigenvalue weighted by Gasteiger charge is 2.26. The number of halogens is 2. The molecular weight excluding hydrogens is 451 g/mol. The van der Waals surface area contributed by atoms with Crippen LogP contribution in [-0.2, 0) is 22.6 Å². The number of nitrogens with zero attached hydrogens (tertiary/aromatic N) is 1. The molecule has 32 heavy (non-hydrogen) atoms. The highest BCUT2D eigenvalue weighted by molar-refractivity contribution is 6.35. The molecule has 0 aromatic heterocycles. The topological polar surface area (TPSA) is 67.9 Å². The number of carbonyl (C=O) groups is 2. The molecule has 174 valence electrons. The number of amides is 2. The Morgan fingerprint density at radius 2 is 1.72 bits per heavy atom. The largest absolute Gasteiger partial charge is 0.490 e. The molecule has 2 amide bonds. The number of likely N-dealkylation sites (N-methyl/N-ethyl adjacent to an activating group) is 1. The molecule has 0 radical (unpaired) electrons. The van der Waals surface area contributed by atoms with Crippen molar-refractivity contribution in [2.45, 2.75) is 46.2 Å². The van der Waals surface area contributed by atoms with E-state index in [1.807, 2.05) is 32.0 Å². The first kappa shape index (κ1) is 25.8. The van der Waals surface area contributed by atoms with E-state index in [1.54, 1.807) is 32.2 Å². The van der Waals surface area contributed by atoms with Crippen molar-refractivity contribution < 1.29 is 19.1 Å². The molecule has 0 aliphatic heterocycles. The zero-order valence-electron chi connectivity index (χ0n) is 18.9. The molecule has 0 bridgehead atoms. The Morgan fingerprint density at radius 1 is 1.03 bits per heavy atom. The third-order valence-corrected chi connectivity index (χ3v) is 5.59. The molecule has 6 nitrogen and oxygen atoms in total. The van der Waals surface area contributed by atoms with Gasteiger partial charge in [-0.2, -0.15) is 0 Å². The Bertz CT molecular complexity index is 936. The number of rotatable bonds is 11. The summed E-state index contributed by atoms with van der Waals surface area (Å²) >= 11 is 12.3. The molecule has 0 heterocycles. The van der Waals surface area contributed by atoms with Crippen LogP contribution >= 0.6 is 23.2 Å². The summed E-state index contributed by atoms with van der Waals surface area (Å²) < 4.78 is 11.3. The second-order valence-electron chi connectivity index (χ2n) is 7.19. The van der Waals surface area contributed by atoms with Gasteiger partial charge in [-0.1, -0.05) is 35.3 Å². The van der Waals surface area contributed by atoms with Crippen molar-refractivity contribution in [3.63, 3.8) is 0 Å². The van der Waals surface area contributed by atoms with Crippen molar-refractivity contribution in [3.8, 4) is 11.5 Å². The summed E-state index contributed by atoms with van der Waals surface area (Å²) in [5.41, 5.74) is 1.67. The van der Waals surface area contributed by atoms with Crippen molar-refractivity contribution in [1.29, 1.82) is 0 Å². The monoisotopic (exact) mass is 480 g/mol. The molecule has 0 fully saturated rings. The number of aryl methyl sites for hydroxylation is 1. The maximum atomic E-state index is 13.2. The van der Waals surface area contributed by atoms with Gasteiger partial charge in [-0.3, -0.25) is 9.59 Å². The lowest BCUT2D eigenvalue weighted by atomic mass is 10.1. The Balaban J connectivity index is 2.19.